The first-order chi connectivity index (χ1) is 8.58. The van der Waals surface area contributed by atoms with Crippen molar-refractivity contribution >= 4 is 5.78 Å². The van der Waals surface area contributed by atoms with Crippen molar-refractivity contribution in [3.8, 4) is 0 Å². The summed E-state index contributed by atoms with van der Waals surface area (Å²) < 4.78 is 0. The van der Waals surface area contributed by atoms with Gasteiger partial charge in [-0.15, -0.1) is 0 Å². The Morgan fingerprint density at radius 1 is 1.44 bits per heavy atom. The van der Waals surface area contributed by atoms with E-state index in [9.17, 15) is 4.79 Å². The molecule has 1 aromatic rings. The molecule has 1 aliphatic rings. The van der Waals surface area contributed by atoms with Crippen molar-refractivity contribution in [3.05, 3.63) is 34.9 Å². The molecule has 0 saturated carbocycles. The van der Waals surface area contributed by atoms with Crippen molar-refractivity contribution < 1.29 is 4.79 Å². The van der Waals surface area contributed by atoms with Crippen LogP contribution in [0.3, 0.4) is 0 Å². The second-order valence-electron chi connectivity index (χ2n) is 5.72. The van der Waals surface area contributed by atoms with Gasteiger partial charge in [0.05, 0.1) is 0 Å². The van der Waals surface area contributed by atoms with Gasteiger partial charge in [0.15, 0.2) is 5.78 Å². The van der Waals surface area contributed by atoms with Crippen molar-refractivity contribution in [2.75, 3.05) is 13.1 Å². The van der Waals surface area contributed by atoms with Gasteiger partial charge in [0.2, 0.25) is 0 Å². The van der Waals surface area contributed by atoms with E-state index >= 15 is 0 Å². The van der Waals surface area contributed by atoms with Crippen LogP contribution in [0, 0.1) is 12.8 Å². The number of nitrogens with one attached hydrogen (secondary N) is 1. The van der Waals surface area contributed by atoms with E-state index in [1.807, 2.05) is 6.92 Å². The standard InChI is InChI=1S/C16H23NO/c1-11(2)14-5-4-12(3)15(9-14)16(18)8-13-6-7-17-10-13/h4-5,9,11,13,17H,6-8,10H2,1-3H3. The first-order valence-corrected chi connectivity index (χ1v) is 6.92. The molecule has 1 saturated heterocycles. The zero-order valence-corrected chi connectivity index (χ0v) is 11.6. The number of hydrogen-bond donors (Lipinski definition) is 1. The number of aryl methyl sites for hydroxylation is 1. The van der Waals surface area contributed by atoms with Crippen molar-refractivity contribution in [2.24, 2.45) is 5.92 Å². The monoisotopic (exact) mass is 245 g/mol. The molecule has 0 aliphatic carbocycles. The van der Waals surface area contributed by atoms with Crippen LogP contribution in [-0.2, 0) is 0 Å². The zero-order valence-electron chi connectivity index (χ0n) is 11.6. The van der Waals surface area contributed by atoms with E-state index in [4.69, 9.17) is 0 Å². The second kappa shape index (κ2) is 5.66. The van der Waals surface area contributed by atoms with Crippen LogP contribution in [0.5, 0.6) is 0 Å². The highest BCUT2D eigenvalue weighted by Gasteiger charge is 2.20. The molecule has 1 heterocycles. The van der Waals surface area contributed by atoms with E-state index in [1.165, 1.54) is 5.56 Å². The number of carbonyl (C=O) groups excluding carboxylic acids is 1. The molecule has 0 spiro atoms. The minimum Gasteiger partial charge on any atom is -0.316 e. The number of benzene rings is 1. The predicted octanol–water partition coefficient (Wildman–Crippen LogP) is 3.30. The van der Waals surface area contributed by atoms with Crippen LogP contribution in [0.1, 0.15) is 54.1 Å². The number of hydrogen-bond acceptors (Lipinski definition) is 2. The van der Waals surface area contributed by atoms with Gasteiger partial charge in [0, 0.05) is 12.0 Å². The zero-order chi connectivity index (χ0) is 13.1. The van der Waals surface area contributed by atoms with Gasteiger partial charge in [-0.3, -0.25) is 4.79 Å². The largest absolute Gasteiger partial charge is 0.316 e. The van der Waals surface area contributed by atoms with E-state index in [2.05, 4.69) is 37.4 Å². The van der Waals surface area contributed by atoms with E-state index in [1.54, 1.807) is 0 Å². The van der Waals surface area contributed by atoms with E-state index < -0.39 is 0 Å². The lowest BCUT2D eigenvalue weighted by Gasteiger charge is -2.12. The average molecular weight is 245 g/mol. The normalized spacial score (nSPS) is 19.4. The molecule has 0 amide bonds. The van der Waals surface area contributed by atoms with Crippen molar-refractivity contribution in [2.45, 2.75) is 39.5 Å². The molecule has 2 nitrogen and oxygen atoms in total. The third kappa shape index (κ3) is 2.99. The van der Waals surface area contributed by atoms with E-state index in [0.717, 1.165) is 30.6 Å². The first kappa shape index (κ1) is 13.3. The Labute approximate surface area is 110 Å². The van der Waals surface area contributed by atoms with Crippen molar-refractivity contribution in [1.82, 2.24) is 5.32 Å². The van der Waals surface area contributed by atoms with Crippen LogP contribution < -0.4 is 5.32 Å². The molecule has 1 atom stereocenters. The van der Waals surface area contributed by atoms with Gasteiger partial charge in [-0.2, -0.15) is 0 Å². The summed E-state index contributed by atoms with van der Waals surface area (Å²) >= 11 is 0. The molecule has 18 heavy (non-hydrogen) atoms. The third-order valence-electron chi connectivity index (χ3n) is 3.87. The fraction of sp³-hybridized carbons (Fsp3) is 0.562. The maximum absolute atomic E-state index is 12.4. The third-order valence-corrected chi connectivity index (χ3v) is 3.87. The van der Waals surface area contributed by atoms with Gasteiger partial charge in [0.25, 0.3) is 0 Å². The number of Topliss-reactive ketones (excluding diaryl/α,β-unsaturated/α-hetero) is 1. The topological polar surface area (TPSA) is 29.1 Å². The molecule has 0 radical (unpaired) electrons. The minimum atomic E-state index is 0.309. The fourth-order valence-corrected chi connectivity index (χ4v) is 2.56. The average Bonchev–Trinajstić information content (AvgIpc) is 2.81. The highest BCUT2D eigenvalue weighted by molar-refractivity contribution is 5.97. The quantitative estimate of drug-likeness (QED) is 0.825. The molecule has 1 aliphatic heterocycles. The molecule has 0 bridgehead atoms. The summed E-state index contributed by atoms with van der Waals surface area (Å²) in [6, 6.07) is 6.30. The summed E-state index contributed by atoms with van der Waals surface area (Å²) in [4.78, 5) is 12.4. The summed E-state index contributed by atoms with van der Waals surface area (Å²) in [5.74, 6) is 1.31. The molecule has 1 unspecified atom stereocenters. The van der Waals surface area contributed by atoms with Gasteiger partial charge in [-0.05, 0) is 55.5 Å². The van der Waals surface area contributed by atoms with Gasteiger partial charge < -0.3 is 5.32 Å². The first-order valence-electron chi connectivity index (χ1n) is 6.92. The molecular formula is C16H23NO. The van der Waals surface area contributed by atoms with Crippen LogP contribution in [0.25, 0.3) is 0 Å². The van der Waals surface area contributed by atoms with E-state index in [0.29, 0.717) is 24.0 Å². The summed E-state index contributed by atoms with van der Waals surface area (Å²) in [6.07, 6.45) is 1.82. The number of rotatable bonds is 4. The molecule has 1 N–H and O–H groups in total. The Morgan fingerprint density at radius 3 is 2.83 bits per heavy atom. The molecule has 98 valence electrons. The highest BCUT2D eigenvalue weighted by Crippen LogP contribution is 2.22. The minimum absolute atomic E-state index is 0.309. The maximum atomic E-state index is 12.4. The number of ketones is 1. The van der Waals surface area contributed by atoms with Gasteiger partial charge in [0.1, 0.15) is 0 Å². The summed E-state index contributed by atoms with van der Waals surface area (Å²) in [6.45, 7) is 8.42. The number of carbonyl (C=O) groups is 1. The Bertz CT molecular complexity index is 431. The van der Waals surface area contributed by atoms with Crippen LogP contribution in [0.2, 0.25) is 0 Å². The highest BCUT2D eigenvalue weighted by atomic mass is 16.1. The Kier molecular flexibility index (Phi) is 4.18. The lowest BCUT2D eigenvalue weighted by Crippen LogP contribution is -2.13. The van der Waals surface area contributed by atoms with Crippen LogP contribution in [0.4, 0.5) is 0 Å². The summed E-state index contributed by atoms with van der Waals surface area (Å²) in [7, 11) is 0. The second-order valence-corrected chi connectivity index (χ2v) is 5.72. The summed E-state index contributed by atoms with van der Waals surface area (Å²) in [5.41, 5.74) is 3.29. The molecule has 1 aromatic carbocycles. The Morgan fingerprint density at radius 2 is 2.22 bits per heavy atom. The van der Waals surface area contributed by atoms with Crippen LogP contribution in [-0.4, -0.2) is 18.9 Å². The van der Waals surface area contributed by atoms with Gasteiger partial charge >= 0.3 is 0 Å². The van der Waals surface area contributed by atoms with Crippen molar-refractivity contribution in [3.63, 3.8) is 0 Å². The predicted molar refractivity (Wildman–Crippen MR) is 75.2 cm³/mol. The van der Waals surface area contributed by atoms with Gasteiger partial charge in [-0.1, -0.05) is 26.0 Å². The van der Waals surface area contributed by atoms with Gasteiger partial charge in [-0.25, -0.2) is 0 Å². The fourth-order valence-electron chi connectivity index (χ4n) is 2.56. The lowest BCUT2D eigenvalue weighted by atomic mass is 9.92. The molecule has 2 heteroatoms. The van der Waals surface area contributed by atoms with Crippen molar-refractivity contribution in [1.29, 1.82) is 0 Å². The SMILES string of the molecule is Cc1ccc(C(C)C)cc1C(=O)CC1CCNC1. The Hall–Kier alpha value is -1.15. The molecule has 2 rings (SSSR count). The molecular weight excluding hydrogens is 222 g/mol. The van der Waals surface area contributed by atoms with Crippen LogP contribution in [0.15, 0.2) is 18.2 Å². The Balaban J connectivity index is 2.15. The maximum Gasteiger partial charge on any atom is 0.163 e. The molecule has 1 fully saturated rings. The van der Waals surface area contributed by atoms with E-state index in [-0.39, 0.29) is 0 Å². The smallest absolute Gasteiger partial charge is 0.163 e. The lowest BCUT2D eigenvalue weighted by molar-refractivity contribution is 0.0964. The van der Waals surface area contributed by atoms with Crippen LogP contribution >= 0.6 is 0 Å². The summed E-state index contributed by atoms with van der Waals surface area (Å²) in [5, 5.41) is 3.32. The molecule has 0 aromatic heterocycles.